The predicted molar refractivity (Wildman–Crippen MR) is 70.6 cm³/mol. The van der Waals surface area contributed by atoms with Gasteiger partial charge in [-0.15, -0.1) is 11.6 Å². The van der Waals surface area contributed by atoms with Gasteiger partial charge in [-0.25, -0.2) is 0 Å². The molecule has 1 aromatic rings. The minimum atomic E-state index is -1.08. The highest BCUT2D eigenvalue weighted by molar-refractivity contribution is 6.38. The van der Waals surface area contributed by atoms with E-state index in [4.69, 9.17) is 17.3 Å². The fraction of sp³-hybridized carbons (Fsp3) is 0.214. The summed E-state index contributed by atoms with van der Waals surface area (Å²) in [6, 6.07) is 9.87. The maximum atomic E-state index is 11.6. The zero-order chi connectivity index (χ0) is 12.5. The lowest BCUT2D eigenvalue weighted by molar-refractivity contribution is -0.118. The van der Waals surface area contributed by atoms with Crippen molar-refractivity contribution in [1.29, 1.82) is 0 Å². The normalized spacial score (nSPS) is 23.9. The molecule has 0 radical (unpaired) electrons. The fourth-order valence-electron chi connectivity index (χ4n) is 1.92. The molecule has 0 spiro atoms. The second-order valence-electron chi connectivity index (χ2n) is 4.21. The van der Waals surface area contributed by atoms with Crippen LogP contribution >= 0.6 is 11.6 Å². The van der Waals surface area contributed by atoms with E-state index in [9.17, 15) is 4.79 Å². The molecule has 2 nitrogen and oxygen atoms in total. The largest absolute Gasteiger partial charge is 0.400 e. The smallest absolute Gasteiger partial charge is 0.157 e. The van der Waals surface area contributed by atoms with Gasteiger partial charge in [-0.2, -0.15) is 0 Å². The molecular formula is C14H14ClNO. The first kappa shape index (κ1) is 11.9. The summed E-state index contributed by atoms with van der Waals surface area (Å²) in [6.07, 6.45) is 4.09. The summed E-state index contributed by atoms with van der Waals surface area (Å²) in [5.74, 6) is -0.116. The van der Waals surface area contributed by atoms with Gasteiger partial charge >= 0.3 is 0 Å². The van der Waals surface area contributed by atoms with Crippen molar-refractivity contribution in [2.75, 3.05) is 0 Å². The van der Waals surface area contributed by atoms with Gasteiger partial charge < -0.3 is 5.73 Å². The number of halogens is 1. The zero-order valence-electron chi connectivity index (χ0n) is 9.61. The molecular weight excluding hydrogens is 234 g/mol. The minimum absolute atomic E-state index is 0.116. The monoisotopic (exact) mass is 247 g/mol. The summed E-state index contributed by atoms with van der Waals surface area (Å²) >= 11 is 6.32. The Morgan fingerprint density at radius 3 is 2.53 bits per heavy atom. The highest BCUT2D eigenvalue weighted by Gasteiger charge is 2.38. The lowest BCUT2D eigenvalue weighted by Crippen LogP contribution is -2.38. The molecule has 3 heteroatoms. The van der Waals surface area contributed by atoms with Crippen LogP contribution in [0.25, 0.3) is 5.57 Å². The van der Waals surface area contributed by atoms with E-state index in [1.165, 1.54) is 6.92 Å². The van der Waals surface area contributed by atoms with Crippen LogP contribution in [0.15, 0.2) is 48.2 Å². The van der Waals surface area contributed by atoms with Gasteiger partial charge in [0, 0.05) is 12.1 Å². The standard InChI is InChI=1S/C14H14ClNO/c1-10(17)14(15)9-12(7-8-13(14)16)11-5-3-2-4-6-11/h2-8H,9,16H2,1H3. The summed E-state index contributed by atoms with van der Waals surface area (Å²) in [5, 5.41) is 0. The number of hydrogen-bond donors (Lipinski definition) is 1. The first-order valence-corrected chi connectivity index (χ1v) is 5.84. The molecule has 1 unspecified atom stereocenters. The predicted octanol–water partition coefficient (Wildman–Crippen LogP) is 2.88. The van der Waals surface area contributed by atoms with Crippen LogP contribution in [0.4, 0.5) is 0 Å². The van der Waals surface area contributed by atoms with Crippen LogP contribution in [0.2, 0.25) is 0 Å². The van der Waals surface area contributed by atoms with E-state index in [-0.39, 0.29) is 5.78 Å². The molecule has 0 heterocycles. The summed E-state index contributed by atoms with van der Waals surface area (Å²) in [5.41, 5.74) is 8.34. The van der Waals surface area contributed by atoms with Gasteiger partial charge in [-0.05, 0) is 24.1 Å². The summed E-state index contributed by atoms with van der Waals surface area (Å²) < 4.78 is 0. The molecule has 2 rings (SSSR count). The summed E-state index contributed by atoms with van der Waals surface area (Å²) in [7, 11) is 0. The Labute approximate surface area is 106 Å². The minimum Gasteiger partial charge on any atom is -0.400 e. The second-order valence-corrected chi connectivity index (χ2v) is 4.86. The van der Waals surface area contributed by atoms with Crippen LogP contribution in [0.5, 0.6) is 0 Å². The van der Waals surface area contributed by atoms with E-state index < -0.39 is 4.87 Å². The average molecular weight is 248 g/mol. The van der Waals surface area contributed by atoms with Crippen LogP contribution in [0.3, 0.4) is 0 Å². The number of benzene rings is 1. The molecule has 0 fully saturated rings. The van der Waals surface area contributed by atoms with Crippen molar-refractivity contribution in [3.63, 3.8) is 0 Å². The van der Waals surface area contributed by atoms with E-state index in [1.54, 1.807) is 6.08 Å². The van der Waals surface area contributed by atoms with Crippen molar-refractivity contribution in [3.05, 3.63) is 53.7 Å². The first-order valence-electron chi connectivity index (χ1n) is 5.46. The summed E-state index contributed by atoms with van der Waals surface area (Å²) in [4.78, 5) is 10.5. The number of rotatable bonds is 2. The number of carbonyl (C=O) groups is 1. The molecule has 1 aliphatic carbocycles. The van der Waals surface area contributed by atoms with Gasteiger partial charge in [-0.1, -0.05) is 36.4 Å². The number of Topliss-reactive ketones (excluding diaryl/α,β-unsaturated/α-hetero) is 1. The Bertz CT molecular complexity index is 504. The Kier molecular flexibility index (Phi) is 3.07. The number of carbonyl (C=O) groups excluding carboxylic acids is 1. The van der Waals surface area contributed by atoms with E-state index >= 15 is 0 Å². The zero-order valence-corrected chi connectivity index (χ0v) is 10.4. The third kappa shape index (κ3) is 2.13. The summed E-state index contributed by atoms with van der Waals surface area (Å²) in [6.45, 7) is 1.47. The van der Waals surface area contributed by atoms with Crippen molar-refractivity contribution in [2.24, 2.45) is 5.73 Å². The van der Waals surface area contributed by atoms with Gasteiger partial charge in [0.05, 0.1) is 0 Å². The highest BCUT2D eigenvalue weighted by atomic mass is 35.5. The number of allylic oxidation sites excluding steroid dienone is 4. The van der Waals surface area contributed by atoms with E-state index in [1.807, 2.05) is 36.4 Å². The van der Waals surface area contributed by atoms with Gasteiger partial charge in [0.15, 0.2) is 5.78 Å². The molecule has 1 atom stereocenters. The molecule has 1 aromatic carbocycles. The van der Waals surface area contributed by atoms with Crippen molar-refractivity contribution >= 4 is 23.0 Å². The average Bonchev–Trinajstić information content (AvgIpc) is 2.33. The maximum absolute atomic E-state index is 11.6. The van der Waals surface area contributed by atoms with Gasteiger partial charge in [0.2, 0.25) is 0 Å². The fourth-order valence-corrected chi connectivity index (χ4v) is 2.13. The van der Waals surface area contributed by atoms with Crippen molar-refractivity contribution < 1.29 is 4.79 Å². The van der Waals surface area contributed by atoms with E-state index in [0.29, 0.717) is 12.1 Å². The lowest BCUT2D eigenvalue weighted by Gasteiger charge is -2.29. The molecule has 17 heavy (non-hydrogen) atoms. The molecule has 0 saturated heterocycles. The molecule has 0 bridgehead atoms. The highest BCUT2D eigenvalue weighted by Crippen LogP contribution is 2.37. The molecule has 1 aliphatic rings. The molecule has 0 saturated carbocycles. The van der Waals surface area contributed by atoms with E-state index in [2.05, 4.69) is 0 Å². The number of nitrogens with two attached hydrogens (primary N) is 1. The van der Waals surface area contributed by atoms with Crippen molar-refractivity contribution in [2.45, 2.75) is 18.2 Å². The third-order valence-electron chi connectivity index (χ3n) is 3.06. The Morgan fingerprint density at radius 1 is 1.29 bits per heavy atom. The lowest BCUT2D eigenvalue weighted by atomic mass is 9.85. The first-order chi connectivity index (χ1) is 8.04. The molecule has 88 valence electrons. The quantitative estimate of drug-likeness (QED) is 0.817. The number of ketones is 1. The van der Waals surface area contributed by atoms with Crippen LogP contribution in [0.1, 0.15) is 18.9 Å². The topological polar surface area (TPSA) is 43.1 Å². The van der Waals surface area contributed by atoms with Crippen LogP contribution in [-0.4, -0.2) is 10.7 Å². The Balaban J connectivity index is 2.39. The van der Waals surface area contributed by atoms with Crippen molar-refractivity contribution in [1.82, 2.24) is 0 Å². The van der Waals surface area contributed by atoms with Crippen molar-refractivity contribution in [3.8, 4) is 0 Å². The molecule has 0 aliphatic heterocycles. The maximum Gasteiger partial charge on any atom is 0.157 e. The van der Waals surface area contributed by atoms with Gasteiger partial charge in [-0.3, -0.25) is 4.79 Å². The van der Waals surface area contributed by atoms with E-state index in [0.717, 1.165) is 11.1 Å². The SMILES string of the molecule is CC(=O)C1(Cl)CC(c2ccccc2)=CC=C1N. The number of alkyl halides is 1. The van der Waals surface area contributed by atoms with Gasteiger partial charge in [0.25, 0.3) is 0 Å². The third-order valence-corrected chi connectivity index (χ3v) is 3.68. The van der Waals surface area contributed by atoms with Crippen LogP contribution in [0, 0.1) is 0 Å². The number of hydrogen-bond acceptors (Lipinski definition) is 2. The Morgan fingerprint density at radius 2 is 1.94 bits per heavy atom. The van der Waals surface area contributed by atoms with Gasteiger partial charge in [0.1, 0.15) is 4.87 Å². The Hall–Kier alpha value is -1.54. The van der Waals surface area contributed by atoms with Crippen LogP contribution in [-0.2, 0) is 4.79 Å². The molecule has 2 N–H and O–H groups in total. The molecule has 0 amide bonds. The molecule has 0 aromatic heterocycles. The van der Waals surface area contributed by atoms with Crippen LogP contribution < -0.4 is 5.73 Å². The second kappa shape index (κ2) is 4.38.